The molecule has 0 aliphatic carbocycles. The second kappa shape index (κ2) is 8.49. The number of hydrogen-bond acceptors (Lipinski definition) is 4. The first kappa shape index (κ1) is 17.9. The topological polar surface area (TPSA) is 70.7 Å². The van der Waals surface area contributed by atoms with E-state index in [1.807, 2.05) is 43.3 Å². The average molecular weight is 353 g/mol. The Bertz CT molecular complexity index is 771. The molecule has 136 valence electrons. The molecule has 0 unspecified atom stereocenters. The minimum absolute atomic E-state index is 0.0476. The lowest BCUT2D eigenvalue weighted by Crippen LogP contribution is -2.43. The number of nitrogens with zero attached hydrogens (tertiary/aromatic N) is 1. The van der Waals surface area contributed by atoms with Crippen LogP contribution in [0.5, 0.6) is 0 Å². The number of aryl methyl sites for hydroxylation is 1. The minimum atomic E-state index is -0.162. The average Bonchev–Trinajstić information content (AvgIpc) is 2.69. The fourth-order valence-electron chi connectivity index (χ4n) is 2.78. The molecule has 0 atom stereocenters. The van der Waals surface area contributed by atoms with Crippen LogP contribution in [0.25, 0.3) is 0 Å². The van der Waals surface area contributed by atoms with Crippen molar-refractivity contribution < 1.29 is 14.3 Å². The van der Waals surface area contributed by atoms with Crippen molar-refractivity contribution in [2.45, 2.75) is 6.92 Å². The first-order chi connectivity index (χ1) is 12.6. The molecule has 0 bridgehead atoms. The maximum atomic E-state index is 12.3. The largest absolute Gasteiger partial charge is 0.378 e. The second-order valence-corrected chi connectivity index (χ2v) is 6.20. The van der Waals surface area contributed by atoms with Gasteiger partial charge in [0.05, 0.1) is 19.8 Å². The summed E-state index contributed by atoms with van der Waals surface area (Å²) in [5.74, 6) is -0.115. The normalized spacial score (nSPS) is 14.0. The third kappa shape index (κ3) is 4.61. The molecule has 26 heavy (non-hydrogen) atoms. The Morgan fingerprint density at radius 3 is 2.54 bits per heavy atom. The maximum absolute atomic E-state index is 12.3. The number of carbonyl (C=O) groups excluding carboxylic acids is 2. The quantitative estimate of drug-likeness (QED) is 0.867. The molecule has 2 amide bonds. The summed E-state index contributed by atoms with van der Waals surface area (Å²) in [7, 11) is 0. The van der Waals surface area contributed by atoms with E-state index in [1.54, 1.807) is 17.0 Å². The van der Waals surface area contributed by atoms with Crippen molar-refractivity contribution >= 4 is 23.2 Å². The summed E-state index contributed by atoms with van der Waals surface area (Å²) < 4.78 is 5.27. The number of rotatable bonds is 5. The summed E-state index contributed by atoms with van der Waals surface area (Å²) in [6.45, 7) is 4.62. The molecule has 1 saturated heterocycles. The van der Waals surface area contributed by atoms with Gasteiger partial charge in [0.15, 0.2) is 0 Å². The third-order valence-electron chi connectivity index (χ3n) is 4.33. The smallest absolute Gasteiger partial charge is 0.255 e. The van der Waals surface area contributed by atoms with Crippen LogP contribution in [-0.4, -0.2) is 49.6 Å². The van der Waals surface area contributed by atoms with Crippen LogP contribution in [0.1, 0.15) is 15.9 Å². The fourth-order valence-corrected chi connectivity index (χ4v) is 2.78. The van der Waals surface area contributed by atoms with Gasteiger partial charge in [-0.2, -0.15) is 0 Å². The van der Waals surface area contributed by atoms with Crippen LogP contribution in [-0.2, 0) is 9.53 Å². The van der Waals surface area contributed by atoms with Crippen molar-refractivity contribution in [1.29, 1.82) is 0 Å². The molecular formula is C20H23N3O3. The Morgan fingerprint density at radius 2 is 1.81 bits per heavy atom. The molecule has 2 N–H and O–H groups in total. The summed E-state index contributed by atoms with van der Waals surface area (Å²) >= 11 is 0. The zero-order valence-electron chi connectivity index (χ0n) is 14.8. The van der Waals surface area contributed by atoms with Gasteiger partial charge in [0, 0.05) is 30.0 Å². The highest BCUT2D eigenvalue weighted by molar-refractivity contribution is 6.04. The summed E-state index contributed by atoms with van der Waals surface area (Å²) in [4.78, 5) is 26.3. The number of carbonyl (C=O) groups is 2. The summed E-state index contributed by atoms with van der Waals surface area (Å²) in [5.41, 5.74) is 3.13. The second-order valence-electron chi connectivity index (χ2n) is 6.20. The van der Waals surface area contributed by atoms with Gasteiger partial charge in [0.1, 0.15) is 0 Å². The predicted molar refractivity (Wildman–Crippen MR) is 101 cm³/mol. The Labute approximate surface area is 153 Å². The zero-order chi connectivity index (χ0) is 18.4. The van der Waals surface area contributed by atoms with Crippen LogP contribution >= 0.6 is 0 Å². The molecule has 0 saturated carbocycles. The van der Waals surface area contributed by atoms with Crippen molar-refractivity contribution in [2.75, 3.05) is 43.5 Å². The third-order valence-corrected chi connectivity index (χ3v) is 4.33. The van der Waals surface area contributed by atoms with Crippen LogP contribution in [0.2, 0.25) is 0 Å². The van der Waals surface area contributed by atoms with Gasteiger partial charge < -0.3 is 20.3 Å². The monoisotopic (exact) mass is 353 g/mol. The number of hydrogen-bond donors (Lipinski definition) is 2. The van der Waals surface area contributed by atoms with E-state index in [-0.39, 0.29) is 18.4 Å². The van der Waals surface area contributed by atoms with E-state index < -0.39 is 0 Å². The van der Waals surface area contributed by atoms with Crippen molar-refractivity contribution in [1.82, 2.24) is 4.90 Å². The van der Waals surface area contributed by atoms with Gasteiger partial charge >= 0.3 is 0 Å². The van der Waals surface area contributed by atoms with Crippen LogP contribution < -0.4 is 10.6 Å². The summed E-state index contributed by atoms with van der Waals surface area (Å²) in [6.07, 6.45) is 0. The van der Waals surface area contributed by atoms with E-state index in [9.17, 15) is 9.59 Å². The first-order valence-corrected chi connectivity index (χ1v) is 8.70. The number of nitrogens with one attached hydrogen (secondary N) is 2. The van der Waals surface area contributed by atoms with E-state index in [2.05, 4.69) is 10.6 Å². The fraction of sp³-hybridized carbons (Fsp3) is 0.300. The Morgan fingerprint density at radius 1 is 1.08 bits per heavy atom. The standard InChI is InChI=1S/C20H23N3O3/c1-15-7-8-17(22-20(25)16-5-3-2-4-6-16)13-18(15)21-14-19(24)23-9-11-26-12-10-23/h2-8,13,21H,9-12,14H2,1H3,(H,22,25). The van der Waals surface area contributed by atoms with Crippen LogP contribution in [0.4, 0.5) is 11.4 Å². The van der Waals surface area contributed by atoms with E-state index in [0.717, 1.165) is 11.3 Å². The van der Waals surface area contributed by atoms with Gasteiger partial charge in [-0.1, -0.05) is 24.3 Å². The molecule has 1 aliphatic heterocycles. The zero-order valence-corrected chi connectivity index (χ0v) is 14.8. The molecule has 0 aromatic heterocycles. The Kier molecular flexibility index (Phi) is 5.86. The molecule has 1 heterocycles. The van der Waals surface area contributed by atoms with E-state index in [1.165, 1.54) is 0 Å². The van der Waals surface area contributed by atoms with Gasteiger partial charge in [-0.15, -0.1) is 0 Å². The molecule has 2 aromatic rings. The molecule has 0 radical (unpaired) electrons. The Balaban J connectivity index is 1.62. The number of benzene rings is 2. The van der Waals surface area contributed by atoms with Crippen molar-refractivity contribution in [3.63, 3.8) is 0 Å². The van der Waals surface area contributed by atoms with E-state index in [4.69, 9.17) is 4.74 Å². The van der Waals surface area contributed by atoms with Gasteiger partial charge in [-0.05, 0) is 36.8 Å². The molecule has 1 fully saturated rings. The lowest BCUT2D eigenvalue weighted by Gasteiger charge is -2.27. The predicted octanol–water partition coefficient (Wildman–Crippen LogP) is 2.52. The lowest BCUT2D eigenvalue weighted by molar-refractivity contribution is -0.133. The number of ether oxygens (including phenoxy) is 1. The molecular weight excluding hydrogens is 330 g/mol. The lowest BCUT2D eigenvalue weighted by atomic mass is 10.1. The highest BCUT2D eigenvalue weighted by Crippen LogP contribution is 2.21. The molecule has 6 heteroatoms. The van der Waals surface area contributed by atoms with Crippen molar-refractivity contribution in [2.24, 2.45) is 0 Å². The molecule has 3 rings (SSSR count). The van der Waals surface area contributed by atoms with Gasteiger partial charge in [0.2, 0.25) is 5.91 Å². The SMILES string of the molecule is Cc1ccc(NC(=O)c2ccccc2)cc1NCC(=O)N1CCOCC1. The van der Waals surface area contributed by atoms with E-state index in [0.29, 0.717) is 37.6 Å². The van der Waals surface area contributed by atoms with E-state index >= 15 is 0 Å². The number of morpholine rings is 1. The van der Waals surface area contributed by atoms with Gasteiger partial charge in [0.25, 0.3) is 5.91 Å². The summed E-state index contributed by atoms with van der Waals surface area (Å²) in [6, 6.07) is 14.7. The molecule has 0 spiro atoms. The number of anilines is 2. The molecule has 6 nitrogen and oxygen atoms in total. The summed E-state index contributed by atoms with van der Waals surface area (Å²) in [5, 5.41) is 6.07. The molecule has 1 aliphatic rings. The van der Waals surface area contributed by atoms with Gasteiger partial charge in [-0.3, -0.25) is 9.59 Å². The number of amides is 2. The van der Waals surface area contributed by atoms with Crippen LogP contribution in [0.3, 0.4) is 0 Å². The highest BCUT2D eigenvalue weighted by Gasteiger charge is 2.16. The van der Waals surface area contributed by atoms with Crippen molar-refractivity contribution in [3.8, 4) is 0 Å². The van der Waals surface area contributed by atoms with Crippen LogP contribution in [0, 0.1) is 6.92 Å². The molecule has 2 aromatic carbocycles. The first-order valence-electron chi connectivity index (χ1n) is 8.70. The van der Waals surface area contributed by atoms with Gasteiger partial charge in [-0.25, -0.2) is 0 Å². The maximum Gasteiger partial charge on any atom is 0.255 e. The minimum Gasteiger partial charge on any atom is -0.378 e. The van der Waals surface area contributed by atoms with Crippen LogP contribution in [0.15, 0.2) is 48.5 Å². The van der Waals surface area contributed by atoms with Crippen molar-refractivity contribution in [3.05, 3.63) is 59.7 Å². The Hall–Kier alpha value is -2.86. The highest BCUT2D eigenvalue weighted by atomic mass is 16.5.